The van der Waals surface area contributed by atoms with Gasteiger partial charge in [0.1, 0.15) is 0 Å². The molecule has 0 saturated carbocycles. The third kappa shape index (κ3) is 2.44. The van der Waals surface area contributed by atoms with Crippen molar-refractivity contribution < 1.29 is 62.7 Å². The van der Waals surface area contributed by atoms with Gasteiger partial charge in [0.05, 0.1) is 0 Å². The number of carbonyl (C=O) groups excluding carboxylic acids is 1. The van der Waals surface area contributed by atoms with E-state index in [1.54, 1.807) is 0 Å². The van der Waals surface area contributed by atoms with Crippen molar-refractivity contribution in [1.29, 1.82) is 0 Å². The van der Waals surface area contributed by atoms with Crippen LogP contribution in [0.4, 0.5) is 52.7 Å². The lowest BCUT2D eigenvalue weighted by Gasteiger charge is -2.38. The molecule has 0 rings (SSSR count). The summed E-state index contributed by atoms with van der Waals surface area (Å²) in [5.41, 5.74) is -0.286. The summed E-state index contributed by atoms with van der Waals surface area (Å²) in [5.74, 6) is -40.7. The first-order valence-corrected chi connectivity index (χ1v) is 4.54. The van der Waals surface area contributed by atoms with Crippen LogP contribution in [0.15, 0.2) is 0 Å². The number of hydrogen-bond acceptors (Lipinski definition) is 2. The van der Waals surface area contributed by atoms with E-state index in [-0.39, 0.29) is 5.48 Å². The van der Waals surface area contributed by atoms with Crippen LogP contribution < -0.4 is 5.48 Å². The lowest BCUT2D eigenvalue weighted by molar-refractivity contribution is -0.407. The lowest BCUT2D eigenvalue weighted by atomic mass is 9.94. The fourth-order valence-electron chi connectivity index (χ4n) is 0.953. The van der Waals surface area contributed by atoms with Gasteiger partial charge in [0.25, 0.3) is 0 Å². The SMILES string of the molecule is O=C(NO)C(F)(F)C(F)(F)C(F)(F)C(F)(F)C(F)(F)C(F)F. The van der Waals surface area contributed by atoms with Gasteiger partial charge in [-0.05, 0) is 0 Å². The number of alkyl halides is 12. The van der Waals surface area contributed by atoms with Crippen LogP contribution >= 0.6 is 0 Å². The predicted octanol–water partition coefficient (Wildman–Crippen LogP) is 2.93. The summed E-state index contributed by atoms with van der Waals surface area (Å²) < 4.78 is 150. The average Bonchev–Trinajstić information content (AvgIpc) is 2.36. The van der Waals surface area contributed by atoms with Gasteiger partial charge in [0.2, 0.25) is 0 Å². The van der Waals surface area contributed by atoms with E-state index < -0.39 is 41.9 Å². The molecule has 0 aliphatic rings. The van der Waals surface area contributed by atoms with Crippen LogP contribution in [0.5, 0.6) is 0 Å². The Morgan fingerprint density at radius 3 is 1.41 bits per heavy atom. The molecule has 3 nitrogen and oxygen atoms in total. The molecule has 0 saturated heterocycles. The summed E-state index contributed by atoms with van der Waals surface area (Å²) in [7, 11) is 0. The number of hydrogen-bond donors (Lipinski definition) is 2. The minimum Gasteiger partial charge on any atom is -0.288 e. The number of halogens is 12. The van der Waals surface area contributed by atoms with Crippen LogP contribution in [0.3, 0.4) is 0 Å². The molecule has 0 heterocycles. The molecule has 0 bridgehead atoms. The smallest absolute Gasteiger partial charge is 0.288 e. The Morgan fingerprint density at radius 2 is 1.14 bits per heavy atom. The van der Waals surface area contributed by atoms with E-state index in [2.05, 4.69) is 0 Å². The lowest BCUT2D eigenvalue weighted by Crippen LogP contribution is -2.70. The van der Waals surface area contributed by atoms with Gasteiger partial charge in [0, 0.05) is 0 Å². The van der Waals surface area contributed by atoms with Crippen LogP contribution in [0.2, 0.25) is 0 Å². The molecule has 0 aromatic heterocycles. The van der Waals surface area contributed by atoms with E-state index in [0.29, 0.717) is 0 Å². The second kappa shape index (κ2) is 5.34. The van der Waals surface area contributed by atoms with E-state index >= 15 is 0 Å². The molecule has 0 atom stereocenters. The Bertz CT molecular complexity index is 433. The Balaban J connectivity index is 6.17. The topological polar surface area (TPSA) is 49.3 Å². The van der Waals surface area contributed by atoms with Crippen molar-refractivity contribution in [1.82, 2.24) is 5.48 Å². The summed E-state index contributed by atoms with van der Waals surface area (Å²) in [6.45, 7) is 0. The van der Waals surface area contributed by atoms with E-state index in [0.717, 1.165) is 0 Å². The standard InChI is InChI=1S/C7H3F12NO2/c8-1(9)3(10,11)5(14,15)7(18,19)6(16,17)4(12,13)2(21)20-22/h1,22H,(H,20,21). The molecule has 0 aliphatic carbocycles. The van der Waals surface area contributed by atoms with Crippen molar-refractivity contribution in [2.75, 3.05) is 0 Å². The van der Waals surface area contributed by atoms with Gasteiger partial charge in [-0.2, -0.15) is 43.9 Å². The minimum absolute atomic E-state index is 0.286. The predicted molar refractivity (Wildman–Crippen MR) is 40.7 cm³/mol. The van der Waals surface area contributed by atoms with Crippen LogP contribution in [-0.2, 0) is 4.79 Å². The van der Waals surface area contributed by atoms with Gasteiger partial charge in [-0.1, -0.05) is 0 Å². The first kappa shape index (κ1) is 20.6. The van der Waals surface area contributed by atoms with Crippen molar-refractivity contribution in [2.45, 2.75) is 36.0 Å². The fourth-order valence-corrected chi connectivity index (χ4v) is 0.953. The molecule has 0 radical (unpaired) electrons. The monoisotopic (exact) mass is 361 g/mol. The molecule has 0 spiro atoms. The zero-order valence-electron chi connectivity index (χ0n) is 9.47. The molecule has 132 valence electrons. The molecule has 0 aliphatic heterocycles. The normalized spacial score (nSPS) is 15.2. The molecule has 0 aromatic rings. The molecule has 2 N–H and O–H groups in total. The van der Waals surface area contributed by atoms with E-state index in [4.69, 9.17) is 5.21 Å². The highest BCUT2D eigenvalue weighted by Crippen LogP contribution is 2.58. The summed E-state index contributed by atoms with van der Waals surface area (Å²) in [4.78, 5) is 10.1. The zero-order valence-corrected chi connectivity index (χ0v) is 9.47. The minimum atomic E-state index is -7.80. The number of amides is 1. The first-order chi connectivity index (χ1) is 9.42. The van der Waals surface area contributed by atoms with Crippen LogP contribution in [0, 0.1) is 0 Å². The Hall–Kier alpha value is -1.41. The molecule has 0 unspecified atom stereocenters. The highest BCUT2D eigenvalue weighted by Gasteiger charge is 2.89. The van der Waals surface area contributed by atoms with Crippen molar-refractivity contribution in [3.63, 3.8) is 0 Å². The Kier molecular flexibility index (Phi) is 5.00. The molecule has 0 fully saturated rings. The average molecular weight is 361 g/mol. The molecule has 1 amide bonds. The Morgan fingerprint density at radius 1 is 0.773 bits per heavy atom. The van der Waals surface area contributed by atoms with Gasteiger partial charge in [-0.25, -0.2) is 14.3 Å². The maximum absolute atomic E-state index is 12.8. The van der Waals surface area contributed by atoms with Gasteiger partial charge in [0.15, 0.2) is 0 Å². The van der Waals surface area contributed by atoms with E-state index in [1.807, 2.05) is 0 Å². The fraction of sp³-hybridized carbons (Fsp3) is 0.857. The van der Waals surface area contributed by atoms with Crippen LogP contribution in [-0.4, -0.2) is 47.2 Å². The third-order valence-electron chi connectivity index (χ3n) is 2.26. The van der Waals surface area contributed by atoms with Gasteiger partial charge < -0.3 is 0 Å². The Labute approximate surface area is 111 Å². The van der Waals surface area contributed by atoms with E-state index in [9.17, 15) is 57.5 Å². The van der Waals surface area contributed by atoms with Crippen molar-refractivity contribution in [3.8, 4) is 0 Å². The second-order valence-electron chi connectivity index (χ2n) is 3.66. The number of nitrogens with one attached hydrogen (secondary N) is 1. The van der Waals surface area contributed by atoms with Crippen LogP contribution in [0.25, 0.3) is 0 Å². The largest absolute Gasteiger partial charge is 0.394 e. The zero-order chi connectivity index (χ0) is 18.4. The van der Waals surface area contributed by atoms with Crippen LogP contribution in [0.1, 0.15) is 0 Å². The first-order valence-electron chi connectivity index (χ1n) is 4.54. The molecule has 0 aromatic carbocycles. The van der Waals surface area contributed by atoms with Gasteiger partial charge in [-0.3, -0.25) is 10.0 Å². The maximum Gasteiger partial charge on any atom is 0.394 e. The number of carbonyl (C=O) groups is 1. The highest BCUT2D eigenvalue weighted by atomic mass is 19.4. The summed E-state index contributed by atoms with van der Waals surface area (Å²) in [6.07, 6.45) is -5.62. The van der Waals surface area contributed by atoms with Gasteiger partial charge in [-0.15, -0.1) is 0 Å². The number of hydroxylamine groups is 1. The summed E-state index contributed by atoms with van der Waals surface area (Å²) >= 11 is 0. The van der Waals surface area contributed by atoms with Gasteiger partial charge >= 0.3 is 41.9 Å². The van der Waals surface area contributed by atoms with Crippen molar-refractivity contribution in [3.05, 3.63) is 0 Å². The highest BCUT2D eigenvalue weighted by molar-refractivity contribution is 5.83. The molecule has 15 heteroatoms. The third-order valence-corrected chi connectivity index (χ3v) is 2.26. The maximum atomic E-state index is 12.8. The summed E-state index contributed by atoms with van der Waals surface area (Å²) in [6, 6.07) is 0. The van der Waals surface area contributed by atoms with Crippen molar-refractivity contribution >= 4 is 5.91 Å². The molecular formula is C7H3F12NO2. The van der Waals surface area contributed by atoms with E-state index in [1.165, 1.54) is 0 Å². The second-order valence-corrected chi connectivity index (χ2v) is 3.66. The summed E-state index contributed by atoms with van der Waals surface area (Å²) in [5, 5.41) is 7.64. The van der Waals surface area contributed by atoms with Crippen molar-refractivity contribution in [2.24, 2.45) is 0 Å². The number of rotatable bonds is 6. The molecular weight excluding hydrogens is 358 g/mol. The quantitative estimate of drug-likeness (QED) is 0.434. The molecule has 22 heavy (non-hydrogen) atoms.